The number of rotatable bonds is 9. The normalized spacial score (nSPS) is 12.4. The number of nitrogens with two attached hydrogens (primary N) is 1. The number of hydrogen-bond acceptors (Lipinski definition) is 3. The molecule has 1 aromatic carbocycles. The quantitative estimate of drug-likeness (QED) is 0.679. The standard InChI is InChI=1S/C16H27NOS/c1-4-6-8-13(5-2)12-18-15-9-7-10-16(19-3)14(15)11-17/h7,9-10,13H,4-6,8,11-12,17H2,1-3H3. The molecule has 2 N–H and O–H groups in total. The average molecular weight is 281 g/mol. The van der Waals surface area contributed by atoms with Gasteiger partial charge in [-0.2, -0.15) is 0 Å². The summed E-state index contributed by atoms with van der Waals surface area (Å²) in [5.74, 6) is 1.62. The molecule has 1 unspecified atom stereocenters. The lowest BCUT2D eigenvalue weighted by atomic mass is 10.0. The van der Waals surface area contributed by atoms with Crippen molar-refractivity contribution < 1.29 is 4.74 Å². The summed E-state index contributed by atoms with van der Waals surface area (Å²) in [7, 11) is 0. The number of hydrogen-bond donors (Lipinski definition) is 1. The van der Waals surface area contributed by atoms with E-state index in [1.54, 1.807) is 11.8 Å². The summed E-state index contributed by atoms with van der Waals surface area (Å²) in [4.78, 5) is 1.22. The first kappa shape index (κ1) is 16.4. The molecule has 19 heavy (non-hydrogen) atoms. The second kappa shape index (κ2) is 9.27. The van der Waals surface area contributed by atoms with Gasteiger partial charge < -0.3 is 10.5 Å². The van der Waals surface area contributed by atoms with Crippen LogP contribution in [-0.2, 0) is 6.54 Å². The Kier molecular flexibility index (Phi) is 7.99. The molecule has 0 amide bonds. The van der Waals surface area contributed by atoms with Crippen molar-refractivity contribution in [3.63, 3.8) is 0 Å². The van der Waals surface area contributed by atoms with E-state index in [4.69, 9.17) is 10.5 Å². The van der Waals surface area contributed by atoms with Crippen molar-refractivity contribution in [1.82, 2.24) is 0 Å². The maximum atomic E-state index is 6.03. The van der Waals surface area contributed by atoms with Gasteiger partial charge in [0.25, 0.3) is 0 Å². The summed E-state index contributed by atoms with van der Waals surface area (Å²) in [6.07, 6.45) is 7.06. The summed E-state index contributed by atoms with van der Waals surface area (Å²) in [5.41, 5.74) is 6.99. The zero-order chi connectivity index (χ0) is 14.1. The Morgan fingerprint density at radius 3 is 2.68 bits per heavy atom. The average Bonchev–Trinajstić information content (AvgIpc) is 2.46. The highest BCUT2D eigenvalue weighted by atomic mass is 32.2. The van der Waals surface area contributed by atoms with Crippen LogP contribution in [-0.4, -0.2) is 12.9 Å². The second-order valence-electron chi connectivity index (χ2n) is 4.87. The van der Waals surface area contributed by atoms with Crippen LogP contribution in [0.4, 0.5) is 0 Å². The molecule has 1 aromatic rings. The van der Waals surface area contributed by atoms with Gasteiger partial charge >= 0.3 is 0 Å². The molecule has 0 radical (unpaired) electrons. The van der Waals surface area contributed by atoms with Crippen LogP contribution in [0, 0.1) is 5.92 Å². The molecular formula is C16H27NOS. The first-order valence-electron chi connectivity index (χ1n) is 7.25. The topological polar surface area (TPSA) is 35.2 Å². The van der Waals surface area contributed by atoms with Crippen LogP contribution in [0.25, 0.3) is 0 Å². The van der Waals surface area contributed by atoms with E-state index in [0.29, 0.717) is 12.5 Å². The fraction of sp³-hybridized carbons (Fsp3) is 0.625. The molecule has 0 saturated heterocycles. The van der Waals surface area contributed by atoms with Gasteiger partial charge in [0.1, 0.15) is 5.75 Å². The molecule has 0 saturated carbocycles. The van der Waals surface area contributed by atoms with E-state index in [-0.39, 0.29) is 0 Å². The molecule has 0 spiro atoms. The second-order valence-corrected chi connectivity index (χ2v) is 5.72. The molecule has 3 heteroatoms. The summed E-state index contributed by atoms with van der Waals surface area (Å²) in [6, 6.07) is 6.19. The molecule has 0 bridgehead atoms. The fourth-order valence-electron chi connectivity index (χ4n) is 2.18. The van der Waals surface area contributed by atoms with Crippen molar-refractivity contribution in [3.8, 4) is 5.75 Å². The van der Waals surface area contributed by atoms with E-state index in [1.165, 1.54) is 30.6 Å². The van der Waals surface area contributed by atoms with E-state index in [2.05, 4.69) is 26.2 Å². The highest BCUT2D eigenvalue weighted by molar-refractivity contribution is 7.98. The lowest BCUT2D eigenvalue weighted by Gasteiger charge is -2.18. The van der Waals surface area contributed by atoms with Crippen LogP contribution in [0.2, 0.25) is 0 Å². The molecule has 0 aliphatic carbocycles. The Hall–Kier alpha value is -0.670. The van der Waals surface area contributed by atoms with E-state index in [9.17, 15) is 0 Å². The van der Waals surface area contributed by atoms with Crippen molar-refractivity contribution >= 4 is 11.8 Å². The maximum Gasteiger partial charge on any atom is 0.124 e. The van der Waals surface area contributed by atoms with Crippen molar-refractivity contribution in [1.29, 1.82) is 0 Å². The van der Waals surface area contributed by atoms with Crippen LogP contribution >= 0.6 is 11.8 Å². The number of thioether (sulfide) groups is 1. The summed E-state index contributed by atoms with van der Waals surface area (Å²) in [5, 5.41) is 0. The third-order valence-corrected chi connectivity index (χ3v) is 4.35. The zero-order valence-electron chi connectivity index (χ0n) is 12.4. The lowest BCUT2D eigenvalue weighted by Crippen LogP contribution is -2.13. The van der Waals surface area contributed by atoms with Gasteiger partial charge in [-0.3, -0.25) is 0 Å². The molecular weight excluding hydrogens is 254 g/mol. The molecule has 108 valence electrons. The molecule has 0 heterocycles. The highest BCUT2D eigenvalue weighted by Gasteiger charge is 2.11. The Bertz CT molecular complexity index is 368. The summed E-state index contributed by atoms with van der Waals surface area (Å²) >= 11 is 1.73. The van der Waals surface area contributed by atoms with E-state index < -0.39 is 0 Å². The van der Waals surface area contributed by atoms with Gasteiger partial charge in [-0.15, -0.1) is 11.8 Å². The largest absolute Gasteiger partial charge is 0.493 e. The summed E-state index contributed by atoms with van der Waals surface area (Å²) in [6.45, 7) is 5.83. The predicted octanol–water partition coefficient (Wildman–Crippen LogP) is 4.46. The molecule has 0 aliphatic heterocycles. The first-order chi connectivity index (χ1) is 9.26. The van der Waals surface area contributed by atoms with Gasteiger partial charge in [-0.1, -0.05) is 39.2 Å². The fourth-order valence-corrected chi connectivity index (χ4v) is 2.82. The molecule has 0 aromatic heterocycles. The molecule has 1 rings (SSSR count). The van der Waals surface area contributed by atoms with Gasteiger partial charge in [-0.25, -0.2) is 0 Å². The van der Waals surface area contributed by atoms with E-state index in [0.717, 1.165) is 17.9 Å². The van der Waals surface area contributed by atoms with Crippen molar-refractivity contribution in [2.45, 2.75) is 51.0 Å². The van der Waals surface area contributed by atoms with Crippen molar-refractivity contribution in [3.05, 3.63) is 23.8 Å². The Labute approximate surface area is 122 Å². The van der Waals surface area contributed by atoms with Crippen molar-refractivity contribution in [2.75, 3.05) is 12.9 Å². The Morgan fingerprint density at radius 2 is 2.11 bits per heavy atom. The van der Waals surface area contributed by atoms with Crippen LogP contribution in [0.5, 0.6) is 5.75 Å². The van der Waals surface area contributed by atoms with Gasteiger partial charge in [0.2, 0.25) is 0 Å². The van der Waals surface area contributed by atoms with E-state index >= 15 is 0 Å². The van der Waals surface area contributed by atoms with Crippen LogP contribution in [0.1, 0.15) is 45.1 Å². The van der Waals surface area contributed by atoms with Gasteiger partial charge in [0.05, 0.1) is 6.61 Å². The zero-order valence-corrected chi connectivity index (χ0v) is 13.3. The van der Waals surface area contributed by atoms with Gasteiger partial charge in [0.15, 0.2) is 0 Å². The lowest BCUT2D eigenvalue weighted by molar-refractivity contribution is 0.231. The number of benzene rings is 1. The minimum atomic E-state index is 0.540. The monoisotopic (exact) mass is 281 g/mol. The van der Waals surface area contributed by atoms with Crippen LogP contribution in [0.15, 0.2) is 23.1 Å². The van der Waals surface area contributed by atoms with E-state index in [1.807, 2.05) is 12.1 Å². The Morgan fingerprint density at radius 1 is 1.32 bits per heavy atom. The minimum Gasteiger partial charge on any atom is -0.493 e. The molecule has 0 fully saturated rings. The number of ether oxygens (including phenoxy) is 1. The van der Waals surface area contributed by atoms with Gasteiger partial charge in [-0.05, 0) is 30.7 Å². The van der Waals surface area contributed by atoms with Gasteiger partial charge in [0, 0.05) is 17.0 Å². The third-order valence-electron chi connectivity index (χ3n) is 3.53. The van der Waals surface area contributed by atoms with Crippen molar-refractivity contribution in [2.24, 2.45) is 11.7 Å². The number of unbranched alkanes of at least 4 members (excludes halogenated alkanes) is 1. The highest BCUT2D eigenvalue weighted by Crippen LogP contribution is 2.29. The smallest absolute Gasteiger partial charge is 0.124 e. The van der Waals surface area contributed by atoms with Crippen LogP contribution < -0.4 is 10.5 Å². The molecule has 0 aliphatic rings. The molecule has 2 nitrogen and oxygen atoms in total. The van der Waals surface area contributed by atoms with Crippen LogP contribution in [0.3, 0.4) is 0 Å². The maximum absolute atomic E-state index is 6.03. The first-order valence-corrected chi connectivity index (χ1v) is 8.47. The molecule has 1 atom stereocenters. The third kappa shape index (κ3) is 5.07. The predicted molar refractivity (Wildman–Crippen MR) is 84.9 cm³/mol. The summed E-state index contributed by atoms with van der Waals surface area (Å²) < 4.78 is 6.03. The minimum absolute atomic E-state index is 0.540. The Balaban J connectivity index is 2.65. The SMILES string of the molecule is CCCCC(CC)COc1cccc(SC)c1CN.